The first kappa shape index (κ1) is 31.2. The van der Waals surface area contributed by atoms with Crippen molar-refractivity contribution in [2.75, 3.05) is 10.8 Å². The van der Waals surface area contributed by atoms with E-state index in [2.05, 4.69) is 5.32 Å². The molecule has 3 aromatic rings. The van der Waals surface area contributed by atoms with Crippen LogP contribution in [0.15, 0.2) is 77.7 Å². The van der Waals surface area contributed by atoms with Crippen molar-refractivity contribution < 1.29 is 18.0 Å². The number of benzene rings is 3. The highest BCUT2D eigenvalue weighted by Crippen LogP contribution is 2.28. The van der Waals surface area contributed by atoms with Crippen molar-refractivity contribution in [3.8, 4) is 0 Å². The Morgan fingerprint density at radius 1 is 0.902 bits per heavy atom. The number of hydrogen-bond donors (Lipinski definition) is 1. The Bertz CT molecular complexity index is 1480. The highest BCUT2D eigenvalue weighted by Gasteiger charge is 2.33. The molecule has 1 aliphatic carbocycles. The van der Waals surface area contributed by atoms with Crippen molar-refractivity contribution in [1.29, 1.82) is 0 Å². The van der Waals surface area contributed by atoms with Gasteiger partial charge in [-0.3, -0.25) is 13.9 Å². The maximum atomic E-state index is 14.0. The summed E-state index contributed by atoms with van der Waals surface area (Å²) in [6.45, 7) is 1.09. The van der Waals surface area contributed by atoms with Crippen molar-refractivity contribution in [1.82, 2.24) is 10.2 Å². The fraction of sp³-hybridized carbons (Fsp3) is 0.333. The van der Waals surface area contributed by atoms with Crippen LogP contribution in [0.2, 0.25) is 15.1 Å². The predicted octanol–water partition coefficient (Wildman–Crippen LogP) is 6.71. The standard InChI is InChI=1S/C30H32Cl3N3O4S/c1-21(30(38)34-25-10-3-2-4-11-25)35(19-22-8-5-6-13-28(22)33)29(37)20-36(26-12-7-9-24(32)18-26)41(39,40)27-16-14-23(31)15-17-27/h5-9,12-18,21,25H,2-4,10-11,19-20H2,1H3,(H,34,38). The lowest BCUT2D eigenvalue weighted by molar-refractivity contribution is -0.139. The summed E-state index contributed by atoms with van der Waals surface area (Å²) in [6.07, 6.45) is 5.00. The van der Waals surface area contributed by atoms with Gasteiger partial charge in [-0.25, -0.2) is 8.42 Å². The van der Waals surface area contributed by atoms with Crippen molar-refractivity contribution in [2.45, 2.75) is 62.6 Å². The molecule has 218 valence electrons. The second-order valence-corrected chi connectivity index (χ2v) is 13.2. The minimum absolute atomic E-state index is 0.0160. The minimum Gasteiger partial charge on any atom is -0.352 e. The van der Waals surface area contributed by atoms with Crippen LogP contribution in [-0.4, -0.2) is 43.8 Å². The molecule has 0 aliphatic heterocycles. The van der Waals surface area contributed by atoms with E-state index in [-0.39, 0.29) is 29.1 Å². The van der Waals surface area contributed by atoms with E-state index in [9.17, 15) is 18.0 Å². The highest BCUT2D eigenvalue weighted by molar-refractivity contribution is 7.92. The zero-order chi connectivity index (χ0) is 29.6. The Balaban J connectivity index is 1.68. The third-order valence-electron chi connectivity index (χ3n) is 7.19. The summed E-state index contributed by atoms with van der Waals surface area (Å²) in [4.78, 5) is 28.7. The number of rotatable bonds is 10. The lowest BCUT2D eigenvalue weighted by Gasteiger charge is -2.33. The van der Waals surface area contributed by atoms with Crippen molar-refractivity contribution in [2.24, 2.45) is 0 Å². The molecular weight excluding hydrogens is 605 g/mol. The summed E-state index contributed by atoms with van der Waals surface area (Å²) in [6, 6.07) is 18.1. The molecule has 7 nitrogen and oxygen atoms in total. The predicted molar refractivity (Wildman–Crippen MR) is 164 cm³/mol. The Labute approximate surface area is 256 Å². The molecule has 0 saturated heterocycles. The molecule has 1 N–H and O–H groups in total. The molecule has 11 heteroatoms. The molecule has 4 rings (SSSR count). The van der Waals surface area contributed by atoms with Gasteiger partial charge in [0.25, 0.3) is 10.0 Å². The van der Waals surface area contributed by atoms with Gasteiger partial charge in [0.1, 0.15) is 12.6 Å². The molecule has 0 spiro atoms. The van der Waals surface area contributed by atoms with Crippen LogP contribution in [0.4, 0.5) is 5.69 Å². The fourth-order valence-corrected chi connectivity index (χ4v) is 6.77. The number of halogens is 3. The van der Waals surface area contributed by atoms with Crippen LogP contribution < -0.4 is 9.62 Å². The molecule has 1 unspecified atom stereocenters. The molecule has 1 saturated carbocycles. The van der Waals surface area contributed by atoms with Crippen LogP contribution in [0.3, 0.4) is 0 Å². The van der Waals surface area contributed by atoms with Gasteiger partial charge in [-0.05, 0) is 73.9 Å². The number of sulfonamides is 1. The second-order valence-electron chi connectivity index (χ2n) is 10.1. The maximum absolute atomic E-state index is 14.0. The summed E-state index contributed by atoms with van der Waals surface area (Å²) >= 11 is 18.6. The summed E-state index contributed by atoms with van der Waals surface area (Å²) in [5.41, 5.74) is 0.840. The average molecular weight is 637 g/mol. The molecule has 1 atom stereocenters. The first-order chi connectivity index (χ1) is 19.6. The zero-order valence-corrected chi connectivity index (χ0v) is 25.7. The zero-order valence-electron chi connectivity index (χ0n) is 22.6. The number of nitrogens with zero attached hydrogens (tertiary/aromatic N) is 2. The summed E-state index contributed by atoms with van der Waals surface area (Å²) in [7, 11) is -4.22. The third-order valence-corrected chi connectivity index (χ3v) is 9.84. The number of hydrogen-bond acceptors (Lipinski definition) is 4. The molecular formula is C30H32Cl3N3O4S. The molecule has 41 heavy (non-hydrogen) atoms. The molecule has 1 aliphatic rings. The monoisotopic (exact) mass is 635 g/mol. The van der Waals surface area contributed by atoms with Crippen LogP contribution in [0.5, 0.6) is 0 Å². The Kier molecular flexibility index (Phi) is 10.6. The quantitative estimate of drug-likeness (QED) is 0.268. The van der Waals surface area contributed by atoms with E-state index < -0.39 is 28.5 Å². The van der Waals surface area contributed by atoms with Gasteiger partial charge in [-0.1, -0.05) is 78.3 Å². The molecule has 2 amide bonds. The Hall–Kier alpha value is -2.78. The van der Waals surface area contributed by atoms with Crippen LogP contribution in [0.25, 0.3) is 0 Å². The summed E-state index contributed by atoms with van der Waals surface area (Å²) in [5, 5.41) is 4.19. The van der Waals surface area contributed by atoms with Gasteiger partial charge in [0.15, 0.2) is 0 Å². The first-order valence-electron chi connectivity index (χ1n) is 13.4. The van der Waals surface area contributed by atoms with Crippen LogP contribution in [0.1, 0.15) is 44.6 Å². The first-order valence-corrected chi connectivity index (χ1v) is 16.0. The number of nitrogens with one attached hydrogen (secondary N) is 1. The normalized spacial score (nSPS) is 14.7. The van der Waals surface area contributed by atoms with Gasteiger partial charge in [0, 0.05) is 27.7 Å². The van der Waals surface area contributed by atoms with Gasteiger partial charge in [-0.2, -0.15) is 0 Å². The molecule has 0 bridgehead atoms. The van der Waals surface area contributed by atoms with Crippen LogP contribution in [-0.2, 0) is 26.2 Å². The SMILES string of the molecule is CC(C(=O)NC1CCCCC1)N(Cc1ccccc1Cl)C(=O)CN(c1cccc(Cl)c1)S(=O)(=O)c1ccc(Cl)cc1. The molecule has 0 radical (unpaired) electrons. The largest absolute Gasteiger partial charge is 0.352 e. The maximum Gasteiger partial charge on any atom is 0.264 e. The van der Waals surface area contributed by atoms with Gasteiger partial charge in [-0.15, -0.1) is 0 Å². The highest BCUT2D eigenvalue weighted by atomic mass is 35.5. The number of amides is 2. The van der Waals surface area contributed by atoms with E-state index in [1.54, 1.807) is 49.4 Å². The lowest BCUT2D eigenvalue weighted by Crippen LogP contribution is -2.53. The summed E-state index contributed by atoms with van der Waals surface area (Å²) in [5.74, 6) is -0.874. The molecule has 0 heterocycles. The van der Waals surface area contributed by atoms with Crippen molar-refractivity contribution in [3.63, 3.8) is 0 Å². The smallest absolute Gasteiger partial charge is 0.264 e. The molecule has 0 aromatic heterocycles. The lowest BCUT2D eigenvalue weighted by atomic mass is 9.95. The van der Waals surface area contributed by atoms with E-state index in [4.69, 9.17) is 34.8 Å². The van der Waals surface area contributed by atoms with E-state index in [0.717, 1.165) is 36.4 Å². The third kappa shape index (κ3) is 7.95. The van der Waals surface area contributed by atoms with Gasteiger partial charge >= 0.3 is 0 Å². The molecule has 1 fully saturated rings. The summed E-state index contributed by atoms with van der Waals surface area (Å²) < 4.78 is 28.7. The van der Waals surface area contributed by atoms with Crippen LogP contribution >= 0.6 is 34.8 Å². The van der Waals surface area contributed by atoms with E-state index in [1.165, 1.54) is 35.2 Å². The number of carbonyl (C=O) groups is 2. The van der Waals surface area contributed by atoms with Crippen LogP contribution in [0, 0.1) is 0 Å². The second kappa shape index (κ2) is 13.9. The van der Waals surface area contributed by atoms with E-state index in [1.807, 2.05) is 0 Å². The minimum atomic E-state index is -4.22. The Morgan fingerprint density at radius 2 is 1.59 bits per heavy atom. The van der Waals surface area contributed by atoms with Gasteiger partial charge in [0.05, 0.1) is 10.6 Å². The Morgan fingerprint density at radius 3 is 2.24 bits per heavy atom. The van der Waals surface area contributed by atoms with Gasteiger partial charge < -0.3 is 10.2 Å². The number of carbonyl (C=O) groups excluding carboxylic acids is 2. The van der Waals surface area contributed by atoms with Crippen molar-refractivity contribution in [3.05, 3.63) is 93.4 Å². The molecule has 3 aromatic carbocycles. The average Bonchev–Trinajstić information content (AvgIpc) is 2.95. The van der Waals surface area contributed by atoms with Gasteiger partial charge in [0.2, 0.25) is 11.8 Å². The van der Waals surface area contributed by atoms with E-state index in [0.29, 0.717) is 20.6 Å². The number of anilines is 1. The van der Waals surface area contributed by atoms with E-state index >= 15 is 0 Å². The fourth-order valence-electron chi connectivity index (χ4n) is 4.86. The van der Waals surface area contributed by atoms with Crippen molar-refractivity contribution >= 4 is 62.3 Å². The topological polar surface area (TPSA) is 86.8 Å².